The molecule has 1 heterocycles. The third-order valence-corrected chi connectivity index (χ3v) is 4.85. The minimum Gasteiger partial charge on any atom is -0.380 e. The first-order valence-electron chi connectivity index (χ1n) is 7.03. The number of hydrogen-bond acceptors (Lipinski definition) is 4. The number of anilines is 1. The van der Waals surface area contributed by atoms with E-state index in [4.69, 9.17) is 28.3 Å². The second kappa shape index (κ2) is 6.97. The fourth-order valence-corrected chi connectivity index (χ4v) is 3.18. The topological polar surface area (TPSA) is 50.9 Å². The number of para-hydroxylation sites is 1. The summed E-state index contributed by atoms with van der Waals surface area (Å²) in [5.41, 5.74) is 3.94. The minimum absolute atomic E-state index is 0.559. The van der Waals surface area contributed by atoms with Crippen LogP contribution in [0.5, 0.6) is 0 Å². The highest BCUT2D eigenvalue weighted by molar-refractivity contribution is 7.97. The maximum Gasteiger partial charge on any atom is 0.0874 e. The zero-order valence-electron chi connectivity index (χ0n) is 12.4. The Kier molecular flexibility index (Phi) is 4.97. The van der Waals surface area contributed by atoms with Gasteiger partial charge in [-0.1, -0.05) is 41.4 Å². The molecule has 3 rings (SSSR count). The zero-order chi connectivity index (χ0) is 16.4. The van der Waals surface area contributed by atoms with Crippen molar-refractivity contribution in [2.45, 2.75) is 18.4 Å². The number of aromatic nitrogens is 1. The Balaban J connectivity index is 1.94. The lowest BCUT2D eigenvalue weighted by Crippen LogP contribution is -2.02. The molecule has 118 valence electrons. The number of rotatable bonds is 4. The van der Waals surface area contributed by atoms with Gasteiger partial charge in [0.05, 0.1) is 15.6 Å². The van der Waals surface area contributed by atoms with E-state index in [-0.39, 0.29) is 0 Å². The molecule has 0 aliphatic heterocycles. The number of hydrogen-bond donors (Lipinski definition) is 2. The molecule has 0 saturated heterocycles. The van der Waals surface area contributed by atoms with Gasteiger partial charge in [0.2, 0.25) is 0 Å². The maximum atomic E-state index is 6.07. The highest BCUT2D eigenvalue weighted by Crippen LogP contribution is 2.30. The molecule has 0 aliphatic rings. The standard InChI is InChI=1S/C17H15Cl2N3S/c1-10-7-15(12-3-2-4-16(23-20)17(12)22-10)21-9-11-5-6-13(18)14(19)8-11/h2-8H,9,20H2,1H3,(H,21,22). The van der Waals surface area contributed by atoms with Gasteiger partial charge in [-0.3, -0.25) is 10.1 Å². The minimum atomic E-state index is 0.559. The molecule has 3 N–H and O–H groups in total. The van der Waals surface area contributed by atoms with E-state index in [9.17, 15) is 0 Å². The fourth-order valence-electron chi connectivity index (χ4n) is 2.44. The molecule has 0 spiro atoms. The van der Waals surface area contributed by atoms with Crippen LogP contribution in [0.1, 0.15) is 11.3 Å². The Morgan fingerprint density at radius 3 is 2.70 bits per heavy atom. The summed E-state index contributed by atoms with van der Waals surface area (Å²) >= 11 is 13.2. The zero-order valence-corrected chi connectivity index (χ0v) is 14.8. The molecule has 0 saturated carbocycles. The molecule has 6 heteroatoms. The molecule has 3 aromatic rings. The molecule has 23 heavy (non-hydrogen) atoms. The van der Waals surface area contributed by atoms with Crippen LogP contribution < -0.4 is 10.5 Å². The molecule has 3 nitrogen and oxygen atoms in total. The summed E-state index contributed by atoms with van der Waals surface area (Å²) in [6.45, 7) is 2.62. The molecular formula is C17H15Cl2N3S. The quantitative estimate of drug-likeness (QED) is 0.606. The van der Waals surface area contributed by atoms with Crippen LogP contribution in [0, 0.1) is 6.92 Å². The summed E-state index contributed by atoms with van der Waals surface area (Å²) in [5, 5.41) is 11.4. The molecular weight excluding hydrogens is 349 g/mol. The van der Waals surface area contributed by atoms with Crippen molar-refractivity contribution in [3.05, 3.63) is 63.8 Å². The number of fused-ring (bicyclic) bond motifs is 1. The molecule has 0 radical (unpaired) electrons. The maximum absolute atomic E-state index is 6.07. The Hall–Kier alpha value is -1.46. The molecule has 0 bridgehead atoms. The molecule has 2 aromatic carbocycles. The summed E-state index contributed by atoms with van der Waals surface area (Å²) in [5.74, 6) is 0. The van der Waals surface area contributed by atoms with Crippen molar-refractivity contribution in [3.63, 3.8) is 0 Å². The normalized spacial score (nSPS) is 11.0. The second-order valence-electron chi connectivity index (χ2n) is 5.18. The van der Waals surface area contributed by atoms with Crippen molar-refractivity contribution in [2.75, 3.05) is 5.32 Å². The average Bonchev–Trinajstić information content (AvgIpc) is 2.55. The van der Waals surface area contributed by atoms with Crippen molar-refractivity contribution >= 4 is 51.7 Å². The van der Waals surface area contributed by atoms with Gasteiger partial charge in [0.25, 0.3) is 0 Å². The third-order valence-electron chi connectivity index (χ3n) is 3.52. The number of halogens is 2. The summed E-state index contributed by atoms with van der Waals surface area (Å²) in [6.07, 6.45) is 0. The van der Waals surface area contributed by atoms with Crippen LogP contribution in [0.15, 0.2) is 47.4 Å². The van der Waals surface area contributed by atoms with E-state index in [1.165, 1.54) is 11.9 Å². The molecule has 1 aromatic heterocycles. The van der Waals surface area contributed by atoms with E-state index >= 15 is 0 Å². The molecule has 0 aliphatic carbocycles. The lowest BCUT2D eigenvalue weighted by molar-refractivity contribution is 1.14. The van der Waals surface area contributed by atoms with Gasteiger partial charge >= 0.3 is 0 Å². The monoisotopic (exact) mass is 363 g/mol. The predicted octanol–water partition coefficient (Wildman–Crippen LogP) is 5.43. The van der Waals surface area contributed by atoms with E-state index in [0.29, 0.717) is 16.6 Å². The summed E-state index contributed by atoms with van der Waals surface area (Å²) in [4.78, 5) is 5.57. The van der Waals surface area contributed by atoms with Gasteiger partial charge < -0.3 is 5.32 Å². The molecule has 0 atom stereocenters. The van der Waals surface area contributed by atoms with Crippen LogP contribution in [0.2, 0.25) is 10.0 Å². The first-order chi connectivity index (χ1) is 11.1. The van der Waals surface area contributed by atoms with Crippen molar-refractivity contribution in [2.24, 2.45) is 5.14 Å². The lowest BCUT2D eigenvalue weighted by atomic mass is 10.1. The van der Waals surface area contributed by atoms with Gasteiger partial charge in [-0.25, -0.2) is 0 Å². The van der Waals surface area contributed by atoms with E-state index < -0.39 is 0 Å². The van der Waals surface area contributed by atoms with Crippen molar-refractivity contribution in [1.82, 2.24) is 4.98 Å². The van der Waals surface area contributed by atoms with Gasteiger partial charge in [0.1, 0.15) is 0 Å². The Morgan fingerprint density at radius 2 is 1.96 bits per heavy atom. The number of nitrogens with one attached hydrogen (secondary N) is 1. The Labute approximate surface area is 149 Å². The smallest absolute Gasteiger partial charge is 0.0874 e. The second-order valence-corrected chi connectivity index (χ2v) is 6.67. The number of nitrogens with two attached hydrogens (primary N) is 1. The number of nitrogens with zero attached hydrogens (tertiary/aromatic N) is 1. The number of aryl methyl sites for hydroxylation is 1. The highest BCUT2D eigenvalue weighted by atomic mass is 35.5. The predicted molar refractivity (Wildman–Crippen MR) is 100 cm³/mol. The van der Waals surface area contributed by atoms with Crippen LogP contribution >= 0.6 is 35.1 Å². The van der Waals surface area contributed by atoms with Crippen LogP contribution in [-0.2, 0) is 6.54 Å². The first-order valence-corrected chi connectivity index (χ1v) is 8.67. The van der Waals surface area contributed by atoms with Crippen LogP contribution in [-0.4, -0.2) is 4.98 Å². The lowest BCUT2D eigenvalue weighted by Gasteiger charge is -2.13. The largest absolute Gasteiger partial charge is 0.380 e. The van der Waals surface area contributed by atoms with Crippen molar-refractivity contribution in [1.29, 1.82) is 0 Å². The van der Waals surface area contributed by atoms with E-state index in [0.717, 1.165) is 32.7 Å². The van der Waals surface area contributed by atoms with Crippen molar-refractivity contribution < 1.29 is 0 Å². The van der Waals surface area contributed by atoms with Crippen LogP contribution in [0.25, 0.3) is 10.9 Å². The van der Waals surface area contributed by atoms with E-state index in [2.05, 4.69) is 10.3 Å². The van der Waals surface area contributed by atoms with Gasteiger partial charge in [-0.2, -0.15) is 0 Å². The van der Waals surface area contributed by atoms with Gasteiger partial charge in [-0.05, 0) is 48.7 Å². The summed E-state index contributed by atoms with van der Waals surface area (Å²) in [6, 6.07) is 13.7. The number of pyridine rings is 1. The van der Waals surface area contributed by atoms with Gasteiger partial charge in [0.15, 0.2) is 0 Å². The highest BCUT2D eigenvalue weighted by Gasteiger charge is 2.08. The number of benzene rings is 2. The van der Waals surface area contributed by atoms with Crippen LogP contribution in [0.4, 0.5) is 5.69 Å². The average molecular weight is 364 g/mol. The SMILES string of the molecule is Cc1cc(NCc2ccc(Cl)c(Cl)c2)c2cccc(SN)c2n1. The van der Waals surface area contributed by atoms with E-state index in [1.54, 1.807) is 6.07 Å². The third kappa shape index (κ3) is 3.56. The molecule has 0 amide bonds. The fraction of sp³-hybridized carbons (Fsp3) is 0.118. The Bertz CT molecular complexity index is 868. The van der Waals surface area contributed by atoms with Crippen molar-refractivity contribution in [3.8, 4) is 0 Å². The molecule has 0 fully saturated rings. The van der Waals surface area contributed by atoms with E-state index in [1.807, 2.05) is 43.3 Å². The Morgan fingerprint density at radius 1 is 1.13 bits per heavy atom. The van der Waals surface area contributed by atoms with Gasteiger partial charge in [0, 0.05) is 28.2 Å². The first kappa shape index (κ1) is 16.4. The van der Waals surface area contributed by atoms with Crippen LogP contribution in [0.3, 0.4) is 0 Å². The summed E-state index contributed by atoms with van der Waals surface area (Å²) in [7, 11) is 0. The summed E-state index contributed by atoms with van der Waals surface area (Å²) < 4.78 is 0. The van der Waals surface area contributed by atoms with Gasteiger partial charge in [-0.15, -0.1) is 0 Å². The molecule has 0 unspecified atom stereocenters.